The molecule has 4 rings (SSSR count). The second kappa shape index (κ2) is 8.83. The summed E-state index contributed by atoms with van der Waals surface area (Å²) in [6, 6.07) is 10.4. The Labute approximate surface area is 181 Å². The summed E-state index contributed by atoms with van der Waals surface area (Å²) in [6.07, 6.45) is 0. The Morgan fingerprint density at radius 3 is 2.53 bits per heavy atom. The number of nitrogens with one attached hydrogen (secondary N) is 3. The zero-order chi connectivity index (χ0) is 22.7. The molecular weight excluding hydrogens is 423 g/mol. The van der Waals surface area contributed by atoms with Crippen LogP contribution in [0.5, 0.6) is 0 Å². The van der Waals surface area contributed by atoms with Crippen molar-refractivity contribution in [3.05, 3.63) is 71.5 Å². The van der Waals surface area contributed by atoms with Gasteiger partial charge in [0.2, 0.25) is 5.96 Å². The molecule has 3 N–H and O–H groups in total. The number of H-pyrrole nitrogens is 1. The number of carbonyl (C=O) groups is 1. The van der Waals surface area contributed by atoms with Gasteiger partial charge in [-0.15, -0.1) is 0 Å². The van der Waals surface area contributed by atoms with Crippen LogP contribution in [-0.2, 0) is 4.74 Å². The third-order valence-corrected chi connectivity index (χ3v) is 4.91. The van der Waals surface area contributed by atoms with Crippen molar-refractivity contribution in [2.24, 2.45) is 10.4 Å². The first-order valence-electron chi connectivity index (χ1n) is 9.78. The predicted octanol–water partition coefficient (Wildman–Crippen LogP) is 3.73. The molecule has 0 aliphatic carbocycles. The largest absolute Gasteiger partial charge is 0.380 e. The van der Waals surface area contributed by atoms with Crippen molar-refractivity contribution in [3.63, 3.8) is 0 Å². The fourth-order valence-electron chi connectivity index (χ4n) is 3.02. The summed E-state index contributed by atoms with van der Waals surface area (Å²) in [6.45, 7) is 3.44. The standard InChI is InChI=1S/C22H20F3N5O2/c1-22(11-32-12-22)10-26-21(28-20(31)14-4-7-16(24)17(25)8-14)27-19-9-18(29-30-19)13-2-5-15(23)6-3-13/h2-9H,10-12H2,1H3,(H3,26,27,28,29,30,31). The van der Waals surface area contributed by atoms with Crippen LogP contribution in [0.4, 0.5) is 19.0 Å². The number of aromatic nitrogens is 2. The molecule has 0 spiro atoms. The summed E-state index contributed by atoms with van der Waals surface area (Å²) in [4.78, 5) is 17.0. The van der Waals surface area contributed by atoms with Gasteiger partial charge in [-0.05, 0) is 48.0 Å². The Balaban J connectivity index is 1.53. The minimum absolute atomic E-state index is 0.0642. The lowest BCUT2D eigenvalue weighted by atomic mass is 9.89. The van der Waals surface area contributed by atoms with Crippen LogP contribution in [0.3, 0.4) is 0 Å². The number of guanidine groups is 1. The van der Waals surface area contributed by atoms with Crippen LogP contribution in [0, 0.1) is 22.9 Å². The lowest BCUT2D eigenvalue weighted by Gasteiger charge is -2.36. The summed E-state index contributed by atoms with van der Waals surface area (Å²) >= 11 is 0. The summed E-state index contributed by atoms with van der Waals surface area (Å²) < 4.78 is 45.1. The van der Waals surface area contributed by atoms with Crippen LogP contribution in [0.25, 0.3) is 11.3 Å². The van der Waals surface area contributed by atoms with E-state index in [1.807, 2.05) is 6.92 Å². The summed E-state index contributed by atoms with van der Waals surface area (Å²) in [5.41, 5.74) is 1.11. The van der Waals surface area contributed by atoms with E-state index in [4.69, 9.17) is 4.74 Å². The summed E-state index contributed by atoms with van der Waals surface area (Å²) in [5, 5.41) is 12.5. The average molecular weight is 443 g/mol. The molecular formula is C22H20F3N5O2. The van der Waals surface area contributed by atoms with Gasteiger partial charge in [-0.3, -0.25) is 20.2 Å². The molecule has 166 valence electrons. The van der Waals surface area contributed by atoms with Crippen molar-refractivity contribution in [1.82, 2.24) is 15.5 Å². The molecule has 2 aromatic carbocycles. The van der Waals surface area contributed by atoms with E-state index in [1.54, 1.807) is 18.2 Å². The molecule has 1 fully saturated rings. The molecule has 1 aromatic heterocycles. The molecule has 0 bridgehead atoms. The Bertz CT molecular complexity index is 1160. The Kier molecular flexibility index (Phi) is 5.95. The van der Waals surface area contributed by atoms with Gasteiger partial charge >= 0.3 is 0 Å². The topological polar surface area (TPSA) is 91.4 Å². The second-order valence-corrected chi connectivity index (χ2v) is 7.85. The van der Waals surface area contributed by atoms with E-state index in [1.165, 1.54) is 18.2 Å². The van der Waals surface area contributed by atoms with Crippen molar-refractivity contribution in [2.75, 3.05) is 25.1 Å². The number of amides is 1. The molecule has 0 saturated carbocycles. The molecule has 0 unspecified atom stereocenters. The molecule has 1 aliphatic rings. The number of hydrogen-bond donors (Lipinski definition) is 3. The molecule has 1 saturated heterocycles. The van der Waals surface area contributed by atoms with Gasteiger partial charge in [-0.2, -0.15) is 5.10 Å². The molecule has 1 aliphatic heterocycles. The van der Waals surface area contributed by atoms with Gasteiger partial charge in [0.25, 0.3) is 5.91 Å². The quantitative estimate of drug-likeness (QED) is 0.414. The minimum atomic E-state index is -1.13. The molecule has 3 aromatic rings. The highest BCUT2D eigenvalue weighted by Gasteiger charge is 2.33. The number of anilines is 1. The van der Waals surface area contributed by atoms with Crippen molar-refractivity contribution in [2.45, 2.75) is 6.92 Å². The van der Waals surface area contributed by atoms with Crippen molar-refractivity contribution < 1.29 is 22.7 Å². The molecule has 0 atom stereocenters. The maximum absolute atomic E-state index is 13.5. The lowest BCUT2D eigenvalue weighted by Crippen LogP contribution is -2.44. The zero-order valence-electron chi connectivity index (χ0n) is 17.1. The van der Waals surface area contributed by atoms with Gasteiger partial charge in [0.15, 0.2) is 17.5 Å². The number of nitrogens with zero attached hydrogens (tertiary/aromatic N) is 2. The number of benzene rings is 2. The van der Waals surface area contributed by atoms with Crippen LogP contribution in [0.15, 0.2) is 53.5 Å². The Morgan fingerprint density at radius 1 is 1.12 bits per heavy atom. The number of carbonyl (C=O) groups excluding carboxylic acids is 1. The maximum atomic E-state index is 13.5. The number of hydrogen-bond acceptors (Lipinski definition) is 4. The van der Waals surface area contributed by atoms with E-state index < -0.39 is 17.5 Å². The number of halogens is 3. The smallest absolute Gasteiger partial charge is 0.258 e. The molecule has 1 amide bonds. The summed E-state index contributed by atoms with van der Waals surface area (Å²) in [7, 11) is 0. The van der Waals surface area contributed by atoms with Crippen LogP contribution < -0.4 is 10.6 Å². The van der Waals surface area contributed by atoms with E-state index in [0.717, 1.165) is 17.7 Å². The van der Waals surface area contributed by atoms with Crippen LogP contribution in [0.2, 0.25) is 0 Å². The van der Waals surface area contributed by atoms with Crippen molar-refractivity contribution in [1.29, 1.82) is 0 Å². The maximum Gasteiger partial charge on any atom is 0.258 e. The van der Waals surface area contributed by atoms with Crippen LogP contribution in [-0.4, -0.2) is 41.8 Å². The summed E-state index contributed by atoms with van der Waals surface area (Å²) in [5.74, 6) is -2.75. The van der Waals surface area contributed by atoms with E-state index in [0.29, 0.717) is 31.3 Å². The van der Waals surface area contributed by atoms with Gasteiger partial charge in [-0.25, -0.2) is 13.2 Å². The van der Waals surface area contributed by atoms with E-state index in [-0.39, 0.29) is 22.8 Å². The lowest BCUT2D eigenvalue weighted by molar-refractivity contribution is -0.0944. The molecule has 0 radical (unpaired) electrons. The fourth-order valence-corrected chi connectivity index (χ4v) is 3.02. The van der Waals surface area contributed by atoms with Crippen LogP contribution >= 0.6 is 0 Å². The highest BCUT2D eigenvalue weighted by molar-refractivity contribution is 6.09. The first kappa shape index (κ1) is 21.6. The third kappa shape index (κ3) is 4.97. The molecule has 32 heavy (non-hydrogen) atoms. The van der Waals surface area contributed by atoms with E-state index >= 15 is 0 Å². The van der Waals surface area contributed by atoms with Crippen molar-refractivity contribution in [3.8, 4) is 11.3 Å². The molecule has 7 nitrogen and oxygen atoms in total. The second-order valence-electron chi connectivity index (χ2n) is 7.85. The third-order valence-electron chi connectivity index (χ3n) is 4.91. The number of rotatable bonds is 5. The molecule has 10 heteroatoms. The van der Waals surface area contributed by atoms with Gasteiger partial charge in [-0.1, -0.05) is 6.92 Å². The first-order valence-corrected chi connectivity index (χ1v) is 9.78. The zero-order valence-corrected chi connectivity index (χ0v) is 17.1. The minimum Gasteiger partial charge on any atom is -0.380 e. The van der Waals surface area contributed by atoms with Gasteiger partial charge in [0.1, 0.15) is 5.82 Å². The monoisotopic (exact) mass is 443 g/mol. The first-order chi connectivity index (χ1) is 15.3. The Morgan fingerprint density at radius 2 is 1.88 bits per heavy atom. The highest BCUT2D eigenvalue weighted by atomic mass is 19.2. The molecule has 2 heterocycles. The normalized spacial score (nSPS) is 15.2. The van der Waals surface area contributed by atoms with Gasteiger partial charge in [0.05, 0.1) is 25.5 Å². The fraction of sp³-hybridized carbons (Fsp3) is 0.227. The van der Waals surface area contributed by atoms with E-state index in [9.17, 15) is 18.0 Å². The van der Waals surface area contributed by atoms with Gasteiger partial charge in [0, 0.05) is 17.0 Å². The highest BCUT2D eigenvalue weighted by Crippen LogP contribution is 2.26. The number of aromatic amines is 1. The SMILES string of the molecule is CC1(CN=C(NC(=O)c2ccc(F)c(F)c2)Nc2cc(-c3ccc(F)cc3)[nH]n2)COC1. The average Bonchev–Trinajstić information content (AvgIpc) is 3.21. The predicted molar refractivity (Wildman–Crippen MR) is 113 cm³/mol. The number of aliphatic imine (C=N–C) groups is 1. The van der Waals surface area contributed by atoms with Gasteiger partial charge < -0.3 is 10.1 Å². The van der Waals surface area contributed by atoms with Crippen LogP contribution in [0.1, 0.15) is 17.3 Å². The van der Waals surface area contributed by atoms with Crippen molar-refractivity contribution >= 4 is 17.7 Å². The number of ether oxygens (including phenoxy) is 1. The van der Waals surface area contributed by atoms with E-state index in [2.05, 4.69) is 25.8 Å². The Hall–Kier alpha value is -3.66.